The second-order valence-electron chi connectivity index (χ2n) is 7.27. The Labute approximate surface area is 161 Å². The molecule has 1 atom stereocenters. The van der Waals surface area contributed by atoms with Crippen molar-refractivity contribution in [3.63, 3.8) is 0 Å². The maximum atomic E-state index is 12.6. The Morgan fingerprint density at radius 1 is 1.26 bits per heavy atom. The van der Waals surface area contributed by atoms with E-state index in [1.807, 2.05) is 4.90 Å². The number of carbonyl (C=O) groups is 1. The zero-order valence-electron chi connectivity index (χ0n) is 16.3. The largest absolute Gasteiger partial charge is 0.384 e. The van der Waals surface area contributed by atoms with E-state index in [1.54, 1.807) is 12.3 Å². The molecular weight excluding hydrogens is 338 g/mol. The van der Waals surface area contributed by atoms with Crippen LogP contribution in [0.5, 0.6) is 0 Å². The number of likely N-dealkylation sites (N-methyl/N-ethyl adjacent to an activating group) is 1. The van der Waals surface area contributed by atoms with E-state index >= 15 is 0 Å². The van der Waals surface area contributed by atoms with Crippen LogP contribution in [0.1, 0.15) is 36.7 Å². The first-order valence-electron chi connectivity index (χ1n) is 9.68. The fourth-order valence-corrected chi connectivity index (χ4v) is 3.52. The molecule has 2 aromatic rings. The van der Waals surface area contributed by atoms with Crippen LogP contribution in [0.4, 0.5) is 5.82 Å². The quantitative estimate of drug-likeness (QED) is 0.813. The van der Waals surface area contributed by atoms with Crippen LogP contribution in [0.15, 0.2) is 36.5 Å². The molecule has 2 heterocycles. The first-order chi connectivity index (χ1) is 13.0. The monoisotopic (exact) mass is 367 g/mol. The lowest BCUT2D eigenvalue weighted by Crippen LogP contribution is -2.36. The van der Waals surface area contributed by atoms with Gasteiger partial charge in [-0.15, -0.1) is 0 Å². The third kappa shape index (κ3) is 5.26. The van der Waals surface area contributed by atoms with Gasteiger partial charge in [-0.25, -0.2) is 9.97 Å². The van der Waals surface area contributed by atoms with E-state index < -0.39 is 0 Å². The van der Waals surface area contributed by atoms with Gasteiger partial charge in [-0.1, -0.05) is 31.2 Å². The molecule has 144 valence electrons. The van der Waals surface area contributed by atoms with Crippen molar-refractivity contribution in [3.05, 3.63) is 53.5 Å². The maximum absolute atomic E-state index is 12.6. The number of nitrogen functional groups attached to an aromatic ring is 1. The molecule has 27 heavy (non-hydrogen) atoms. The Hall–Kier alpha value is -2.47. The van der Waals surface area contributed by atoms with E-state index in [4.69, 9.17) is 5.73 Å². The predicted molar refractivity (Wildman–Crippen MR) is 107 cm³/mol. The van der Waals surface area contributed by atoms with Gasteiger partial charge in [0.05, 0.1) is 6.54 Å². The van der Waals surface area contributed by atoms with Crippen molar-refractivity contribution >= 4 is 11.7 Å². The van der Waals surface area contributed by atoms with Gasteiger partial charge in [0.2, 0.25) is 5.91 Å². The van der Waals surface area contributed by atoms with E-state index in [2.05, 4.69) is 53.1 Å². The Morgan fingerprint density at radius 2 is 2.00 bits per heavy atom. The number of amides is 1. The highest BCUT2D eigenvalue weighted by Crippen LogP contribution is 2.18. The van der Waals surface area contributed by atoms with Crippen LogP contribution in [-0.4, -0.2) is 51.9 Å². The molecule has 0 spiro atoms. The molecule has 2 N–H and O–H groups in total. The van der Waals surface area contributed by atoms with Crippen LogP contribution in [-0.2, 0) is 24.2 Å². The Kier molecular flexibility index (Phi) is 6.40. The second-order valence-corrected chi connectivity index (χ2v) is 7.27. The number of anilines is 1. The number of nitrogens with zero attached hydrogens (tertiary/aromatic N) is 4. The van der Waals surface area contributed by atoms with Crippen molar-refractivity contribution in [2.24, 2.45) is 0 Å². The standard InChI is InChI=1S/C21H29N5O/c1-3-16-4-6-17(7-5-16)8-9-21(27)26-13-11-18(14-26)25(2)15-20-23-12-10-19(22)24-20/h4-7,10,12,18H,3,8-9,11,13-15H2,1-2H3,(H2,22,23,24)/t18-/m1/s1. The highest BCUT2D eigenvalue weighted by molar-refractivity contribution is 5.76. The molecule has 1 aliphatic rings. The maximum Gasteiger partial charge on any atom is 0.222 e. The van der Waals surface area contributed by atoms with E-state index in [9.17, 15) is 4.79 Å². The predicted octanol–water partition coefficient (Wildman–Crippen LogP) is 2.29. The number of carbonyl (C=O) groups excluding carboxylic acids is 1. The molecule has 6 nitrogen and oxygen atoms in total. The fraction of sp³-hybridized carbons (Fsp3) is 0.476. The SMILES string of the molecule is CCc1ccc(CCC(=O)N2CC[C@@H](N(C)Cc3nccc(N)n3)C2)cc1. The summed E-state index contributed by atoms with van der Waals surface area (Å²) in [6.45, 7) is 4.38. The molecule has 1 aromatic heterocycles. The van der Waals surface area contributed by atoms with Crippen molar-refractivity contribution < 1.29 is 4.79 Å². The number of aromatic nitrogens is 2. The summed E-state index contributed by atoms with van der Waals surface area (Å²) < 4.78 is 0. The summed E-state index contributed by atoms with van der Waals surface area (Å²) in [4.78, 5) is 25.3. The number of aryl methyl sites for hydroxylation is 2. The first-order valence-corrected chi connectivity index (χ1v) is 9.68. The minimum absolute atomic E-state index is 0.241. The topological polar surface area (TPSA) is 75.4 Å². The zero-order chi connectivity index (χ0) is 19.2. The lowest BCUT2D eigenvalue weighted by molar-refractivity contribution is -0.130. The Morgan fingerprint density at radius 3 is 2.70 bits per heavy atom. The van der Waals surface area contributed by atoms with E-state index in [0.29, 0.717) is 24.8 Å². The van der Waals surface area contributed by atoms with E-state index in [1.165, 1.54) is 11.1 Å². The molecule has 0 bridgehead atoms. The van der Waals surface area contributed by atoms with Crippen LogP contribution >= 0.6 is 0 Å². The van der Waals surface area contributed by atoms with Gasteiger partial charge in [-0.2, -0.15) is 0 Å². The highest BCUT2D eigenvalue weighted by atomic mass is 16.2. The molecule has 3 rings (SSSR count). The molecule has 1 aliphatic heterocycles. The van der Waals surface area contributed by atoms with Gasteiger partial charge in [0.15, 0.2) is 0 Å². The second kappa shape index (κ2) is 8.95. The van der Waals surface area contributed by atoms with Gasteiger partial charge >= 0.3 is 0 Å². The average molecular weight is 367 g/mol. The summed E-state index contributed by atoms with van der Waals surface area (Å²) in [5, 5.41) is 0. The van der Waals surface area contributed by atoms with Gasteiger partial charge < -0.3 is 10.6 Å². The molecule has 1 amide bonds. The molecule has 0 saturated carbocycles. The van der Waals surface area contributed by atoms with E-state index in [0.717, 1.165) is 38.2 Å². The van der Waals surface area contributed by atoms with Crippen LogP contribution in [0.3, 0.4) is 0 Å². The molecule has 0 unspecified atom stereocenters. The van der Waals surface area contributed by atoms with Crippen LogP contribution in [0, 0.1) is 0 Å². The van der Waals surface area contributed by atoms with E-state index in [-0.39, 0.29) is 5.91 Å². The summed E-state index contributed by atoms with van der Waals surface area (Å²) in [7, 11) is 2.06. The minimum atomic E-state index is 0.241. The molecule has 6 heteroatoms. The fourth-order valence-electron chi connectivity index (χ4n) is 3.52. The molecule has 1 saturated heterocycles. The first kappa shape index (κ1) is 19.3. The van der Waals surface area contributed by atoms with Crippen LogP contribution in [0.25, 0.3) is 0 Å². The zero-order valence-corrected chi connectivity index (χ0v) is 16.3. The van der Waals surface area contributed by atoms with Gasteiger partial charge in [-0.05, 0) is 43.5 Å². The van der Waals surface area contributed by atoms with Gasteiger partial charge in [0, 0.05) is 31.7 Å². The smallest absolute Gasteiger partial charge is 0.222 e. The third-order valence-electron chi connectivity index (χ3n) is 5.32. The van der Waals surface area contributed by atoms with Gasteiger partial charge in [-0.3, -0.25) is 9.69 Å². The lowest BCUT2D eigenvalue weighted by Gasteiger charge is -2.24. The molecule has 1 fully saturated rings. The van der Waals surface area contributed by atoms with Crippen molar-refractivity contribution in [3.8, 4) is 0 Å². The number of rotatable bonds is 7. The number of benzene rings is 1. The van der Waals surface area contributed by atoms with Gasteiger partial charge in [0.1, 0.15) is 11.6 Å². The van der Waals surface area contributed by atoms with Crippen LogP contribution < -0.4 is 5.73 Å². The van der Waals surface area contributed by atoms with Crippen molar-refractivity contribution in [2.45, 2.75) is 45.2 Å². The van der Waals surface area contributed by atoms with Crippen LogP contribution in [0.2, 0.25) is 0 Å². The number of hydrogen-bond donors (Lipinski definition) is 1. The summed E-state index contributed by atoms with van der Waals surface area (Å²) in [5.41, 5.74) is 8.29. The van der Waals surface area contributed by atoms with Gasteiger partial charge in [0.25, 0.3) is 0 Å². The van der Waals surface area contributed by atoms with Crippen molar-refractivity contribution in [1.82, 2.24) is 19.8 Å². The number of hydrogen-bond acceptors (Lipinski definition) is 5. The summed E-state index contributed by atoms with van der Waals surface area (Å²) in [6, 6.07) is 10.6. The lowest BCUT2D eigenvalue weighted by atomic mass is 10.1. The molecule has 0 radical (unpaired) electrons. The van der Waals surface area contributed by atoms with Crippen molar-refractivity contribution in [1.29, 1.82) is 0 Å². The normalized spacial score (nSPS) is 16.9. The molecule has 1 aromatic carbocycles. The Balaban J connectivity index is 1.47. The highest BCUT2D eigenvalue weighted by Gasteiger charge is 2.28. The number of likely N-dealkylation sites (tertiary alicyclic amines) is 1. The van der Waals surface area contributed by atoms with Crippen molar-refractivity contribution in [2.75, 3.05) is 25.9 Å². The Bertz CT molecular complexity index is 761. The summed E-state index contributed by atoms with van der Waals surface area (Å²) in [5.74, 6) is 1.45. The molecular formula is C21H29N5O. The summed E-state index contributed by atoms with van der Waals surface area (Å²) in [6.07, 6.45) is 5.08. The number of nitrogens with two attached hydrogens (primary N) is 1. The average Bonchev–Trinajstić information content (AvgIpc) is 3.17. The third-order valence-corrected chi connectivity index (χ3v) is 5.32. The molecule has 0 aliphatic carbocycles. The summed E-state index contributed by atoms with van der Waals surface area (Å²) >= 11 is 0. The minimum Gasteiger partial charge on any atom is -0.384 e.